The van der Waals surface area contributed by atoms with Crippen LogP contribution < -0.4 is 10.9 Å². The molecule has 0 aliphatic heterocycles. The second kappa shape index (κ2) is 12.0. The number of carbonyl (C=O) groups excluding carboxylic acids is 3. The van der Waals surface area contributed by atoms with Crippen molar-refractivity contribution in [3.05, 3.63) is 86.1 Å². The highest BCUT2D eigenvalue weighted by atomic mass is 32.1. The lowest BCUT2D eigenvalue weighted by atomic mass is 9.72. The first kappa shape index (κ1) is 31.2. The molecule has 8 nitrogen and oxygen atoms in total. The average Bonchev–Trinajstić information content (AvgIpc) is 3.35. The molecule has 0 radical (unpaired) electrons. The molecule has 1 N–H and O–H groups in total. The molecule has 2 heterocycles. The SMILES string of the molecule is COC(=O)c1c(NC(=O)C(C)OC(=O)c2c(-c3ccc(C)cc3)c3ccccc3c(=O)n2C)sc2c1CCC(C(C)(C)C)C2. The fourth-order valence-electron chi connectivity index (χ4n) is 5.93. The third-order valence-corrected chi connectivity index (χ3v) is 9.78. The molecule has 2 aromatic carbocycles. The molecule has 1 aliphatic carbocycles. The van der Waals surface area contributed by atoms with E-state index >= 15 is 0 Å². The first-order valence-corrected chi connectivity index (χ1v) is 15.6. The standard InChI is InChI=1S/C35H38N2O6S/c1-19-12-14-21(15-13-19)27-23-10-8-9-11-24(23)32(39)37(6)29(27)34(41)43-20(2)30(38)36-31-28(33(40)42-7)25-17-16-22(35(3,4)5)18-26(25)44-31/h8-15,20,22H,16-18H2,1-7H3,(H,36,38). The summed E-state index contributed by atoms with van der Waals surface area (Å²) < 4.78 is 12.1. The number of methoxy groups -OCH3 is 1. The predicted molar refractivity (Wildman–Crippen MR) is 173 cm³/mol. The Labute approximate surface area is 261 Å². The Morgan fingerprint density at radius 3 is 2.32 bits per heavy atom. The van der Waals surface area contributed by atoms with Gasteiger partial charge in [-0.15, -0.1) is 11.3 Å². The molecule has 0 fully saturated rings. The summed E-state index contributed by atoms with van der Waals surface area (Å²) in [5.41, 5.74) is 3.43. The lowest BCUT2D eigenvalue weighted by molar-refractivity contribution is -0.123. The van der Waals surface area contributed by atoms with Crippen LogP contribution in [-0.4, -0.2) is 35.6 Å². The maximum atomic E-state index is 13.8. The molecular weight excluding hydrogens is 576 g/mol. The molecule has 0 saturated heterocycles. The number of pyridine rings is 1. The second-order valence-corrected chi connectivity index (χ2v) is 13.6. The summed E-state index contributed by atoms with van der Waals surface area (Å²) in [6.45, 7) is 10.1. The average molecular weight is 615 g/mol. The number of rotatable bonds is 6. The zero-order chi connectivity index (χ0) is 31.9. The van der Waals surface area contributed by atoms with E-state index in [1.807, 2.05) is 37.3 Å². The van der Waals surface area contributed by atoms with E-state index in [4.69, 9.17) is 9.47 Å². The molecule has 1 amide bonds. The van der Waals surface area contributed by atoms with Crippen LogP contribution in [0.3, 0.4) is 0 Å². The Morgan fingerprint density at radius 2 is 1.68 bits per heavy atom. The number of carbonyl (C=O) groups is 3. The van der Waals surface area contributed by atoms with Gasteiger partial charge < -0.3 is 19.4 Å². The van der Waals surface area contributed by atoms with Crippen LogP contribution >= 0.6 is 11.3 Å². The maximum absolute atomic E-state index is 13.8. The number of ether oxygens (including phenoxy) is 2. The van der Waals surface area contributed by atoms with Crippen molar-refractivity contribution in [1.29, 1.82) is 0 Å². The van der Waals surface area contributed by atoms with E-state index in [-0.39, 0.29) is 16.7 Å². The van der Waals surface area contributed by atoms with E-state index in [0.29, 0.717) is 32.8 Å². The van der Waals surface area contributed by atoms with Crippen LogP contribution in [0.25, 0.3) is 21.9 Å². The molecule has 0 saturated carbocycles. The lowest BCUT2D eigenvalue weighted by Gasteiger charge is -2.33. The molecule has 4 aromatic rings. The highest BCUT2D eigenvalue weighted by Gasteiger charge is 2.35. The Balaban J connectivity index is 1.46. The number of nitrogens with one attached hydrogen (secondary N) is 1. The molecular formula is C35H38N2O6S. The van der Waals surface area contributed by atoms with Gasteiger partial charge in [0.15, 0.2) is 6.10 Å². The first-order chi connectivity index (χ1) is 20.8. The summed E-state index contributed by atoms with van der Waals surface area (Å²) in [4.78, 5) is 54.4. The summed E-state index contributed by atoms with van der Waals surface area (Å²) in [6.07, 6.45) is 1.25. The smallest absolute Gasteiger partial charge is 0.356 e. The number of fused-ring (bicyclic) bond motifs is 2. The third-order valence-electron chi connectivity index (χ3n) is 8.61. The first-order valence-electron chi connectivity index (χ1n) is 14.7. The van der Waals surface area contributed by atoms with Crippen molar-refractivity contribution in [1.82, 2.24) is 4.57 Å². The van der Waals surface area contributed by atoms with Crippen molar-refractivity contribution < 1.29 is 23.9 Å². The minimum Gasteiger partial charge on any atom is -0.465 e. The zero-order valence-corrected chi connectivity index (χ0v) is 27.0. The van der Waals surface area contributed by atoms with Crippen LogP contribution in [-0.2, 0) is 34.2 Å². The number of amides is 1. The number of nitrogens with zero attached hydrogens (tertiary/aromatic N) is 1. The van der Waals surface area contributed by atoms with Gasteiger partial charge in [-0.1, -0.05) is 68.8 Å². The van der Waals surface area contributed by atoms with Crippen molar-refractivity contribution in [3.8, 4) is 11.1 Å². The van der Waals surface area contributed by atoms with Crippen LogP contribution in [0.2, 0.25) is 0 Å². The van der Waals surface area contributed by atoms with Crippen molar-refractivity contribution >= 4 is 45.0 Å². The molecule has 0 bridgehead atoms. The Bertz CT molecular complexity index is 1830. The summed E-state index contributed by atoms with van der Waals surface area (Å²) in [7, 11) is 2.85. The molecule has 9 heteroatoms. The minimum absolute atomic E-state index is 0.0484. The van der Waals surface area contributed by atoms with Crippen molar-refractivity contribution in [2.45, 2.75) is 60.0 Å². The van der Waals surface area contributed by atoms with Crippen LogP contribution in [0.15, 0.2) is 53.3 Å². The lowest BCUT2D eigenvalue weighted by Crippen LogP contribution is -2.33. The van der Waals surface area contributed by atoms with Gasteiger partial charge in [-0.2, -0.15) is 0 Å². The summed E-state index contributed by atoms with van der Waals surface area (Å²) in [6, 6.07) is 14.8. The van der Waals surface area contributed by atoms with Gasteiger partial charge in [0.2, 0.25) is 0 Å². The monoisotopic (exact) mass is 614 g/mol. The van der Waals surface area contributed by atoms with E-state index in [1.165, 1.54) is 37.0 Å². The van der Waals surface area contributed by atoms with Gasteiger partial charge in [-0.3, -0.25) is 9.59 Å². The van der Waals surface area contributed by atoms with Crippen LogP contribution in [0, 0.1) is 18.3 Å². The number of anilines is 1. The van der Waals surface area contributed by atoms with Crippen molar-refractivity contribution in [3.63, 3.8) is 0 Å². The van der Waals surface area contributed by atoms with Gasteiger partial charge >= 0.3 is 11.9 Å². The largest absolute Gasteiger partial charge is 0.465 e. The Hall–Kier alpha value is -4.24. The quantitative estimate of drug-likeness (QED) is 0.243. The van der Waals surface area contributed by atoms with Crippen LogP contribution in [0.5, 0.6) is 0 Å². The zero-order valence-electron chi connectivity index (χ0n) is 26.2. The van der Waals surface area contributed by atoms with Gasteiger partial charge in [0.25, 0.3) is 11.5 Å². The molecule has 2 aromatic heterocycles. The van der Waals surface area contributed by atoms with Crippen LogP contribution in [0.4, 0.5) is 5.00 Å². The number of esters is 2. The number of aryl methyl sites for hydroxylation is 1. The molecule has 2 unspecified atom stereocenters. The summed E-state index contributed by atoms with van der Waals surface area (Å²) in [5.74, 6) is -1.46. The predicted octanol–water partition coefficient (Wildman–Crippen LogP) is 6.70. The molecule has 1 aliphatic rings. The molecule has 2 atom stereocenters. The number of hydrogen-bond acceptors (Lipinski definition) is 7. The van der Waals surface area contributed by atoms with Crippen molar-refractivity contribution in [2.24, 2.45) is 18.4 Å². The fraction of sp³-hybridized carbons (Fsp3) is 0.371. The number of aromatic nitrogens is 1. The van der Waals surface area contributed by atoms with E-state index in [1.54, 1.807) is 18.2 Å². The van der Waals surface area contributed by atoms with Gasteiger partial charge in [0.05, 0.1) is 12.7 Å². The molecule has 5 rings (SSSR count). The number of thiophene rings is 1. The van der Waals surface area contributed by atoms with E-state index in [0.717, 1.165) is 40.8 Å². The minimum atomic E-state index is -1.22. The van der Waals surface area contributed by atoms with E-state index < -0.39 is 23.9 Å². The van der Waals surface area contributed by atoms with Crippen molar-refractivity contribution in [2.75, 3.05) is 12.4 Å². The van der Waals surface area contributed by atoms with Gasteiger partial charge in [0.1, 0.15) is 10.7 Å². The summed E-state index contributed by atoms with van der Waals surface area (Å²) >= 11 is 1.37. The Kier molecular flexibility index (Phi) is 8.53. The number of benzene rings is 2. The molecule has 44 heavy (non-hydrogen) atoms. The second-order valence-electron chi connectivity index (χ2n) is 12.5. The molecule has 230 valence electrons. The topological polar surface area (TPSA) is 104 Å². The van der Waals surface area contributed by atoms with E-state index in [9.17, 15) is 19.2 Å². The number of hydrogen-bond donors (Lipinski definition) is 1. The Morgan fingerprint density at radius 1 is 1.02 bits per heavy atom. The fourth-order valence-corrected chi connectivity index (χ4v) is 7.25. The maximum Gasteiger partial charge on any atom is 0.356 e. The highest BCUT2D eigenvalue weighted by molar-refractivity contribution is 7.17. The molecule has 0 spiro atoms. The highest BCUT2D eigenvalue weighted by Crippen LogP contribution is 2.44. The van der Waals surface area contributed by atoms with Gasteiger partial charge in [-0.25, -0.2) is 9.59 Å². The van der Waals surface area contributed by atoms with Crippen LogP contribution in [0.1, 0.15) is 71.0 Å². The summed E-state index contributed by atoms with van der Waals surface area (Å²) in [5, 5.41) is 4.31. The van der Waals surface area contributed by atoms with Gasteiger partial charge in [-0.05, 0) is 67.0 Å². The van der Waals surface area contributed by atoms with E-state index in [2.05, 4.69) is 26.1 Å². The normalized spacial score (nSPS) is 15.4. The third kappa shape index (κ3) is 5.80. The van der Waals surface area contributed by atoms with Gasteiger partial charge in [0, 0.05) is 22.9 Å².